The van der Waals surface area contributed by atoms with Crippen LogP contribution in [0.5, 0.6) is 5.75 Å². The maximum Gasteiger partial charge on any atom is 0.418 e. The molecule has 19 nitrogen and oxygen atoms in total. The summed E-state index contributed by atoms with van der Waals surface area (Å²) in [5, 5.41) is 27.9. The number of aromatic nitrogens is 3. The van der Waals surface area contributed by atoms with Gasteiger partial charge in [-0.2, -0.15) is 18.2 Å². The molecule has 0 radical (unpaired) electrons. The van der Waals surface area contributed by atoms with Crippen LogP contribution in [0.3, 0.4) is 0 Å². The summed E-state index contributed by atoms with van der Waals surface area (Å²) in [5.41, 5.74) is 10.1. The van der Waals surface area contributed by atoms with Gasteiger partial charge in [0.05, 0.1) is 23.7 Å². The summed E-state index contributed by atoms with van der Waals surface area (Å²) in [5.74, 6) is -3.22. The number of hydrogen-bond acceptors (Lipinski definition) is 14. The van der Waals surface area contributed by atoms with Crippen LogP contribution in [0.1, 0.15) is 25.6 Å². The van der Waals surface area contributed by atoms with Gasteiger partial charge >= 0.3 is 16.4 Å². The van der Waals surface area contributed by atoms with Crippen LogP contribution in [-0.2, 0) is 41.0 Å². The Morgan fingerprint density at radius 2 is 2.04 bits per heavy atom. The highest BCUT2D eigenvalue weighted by Gasteiger charge is 2.58. The highest BCUT2D eigenvalue weighted by molar-refractivity contribution is 7.80. The quantitative estimate of drug-likeness (QED) is 0.0359. The van der Waals surface area contributed by atoms with E-state index >= 15 is 0 Å². The number of benzene rings is 1. The fraction of sp³-hybridized carbons (Fsp3) is 0.417. The number of amides is 2. The molecule has 0 saturated carbocycles. The minimum Gasteiger partial charge on any atom is -0.489 e. The van der Waals surface area contributed by atoms with E-state index in [1.54, 1.807) is 40.8 Å². The van der Waals surface area contributed by atoms with Crippen molar-refractivity contribution in [3.63, 3.8) is 0 Å². The number of ether oxygens (including phenoxy) is 1. The van der Waals surface area contributed by atoms with E-state index in [9.17, 15) is 33.0 Å². The van der Waals surface area contributed by atoms with Crippen LogP contribution in [-0.4, -0.2) is 98.9 Å². The maximum absolute atomic E-state index is 13.2. The Kier molecular flexibility index (Phi) is 9.60. The number of thiazole rings is 1. The topological polar surface area (TPSA) is 275 Å². The van der Waals surface area contributed by atoms with Gasteiger partial charge in [-0.1, -0.05) is 5.16 Å². The summed E-state index contributed by atoms with van der Waals surface area (Å²) in [4.78, 5) is 46.8. The molecule has 1 aliphatic heterocycles. The SMILES string of the molecule is C[n+]1c2ccc(OC[C@H](O/N=C(\C(=O)N[C@@H]3C(=O)N(OS(=O)(=O)O)C3(C)C)c3csc(N)n3)C(=O)O)cc2cn1[C@@H](CN)CO. The number of nitrogens with one attached hydrogen (secondary N) is 1. The number of fused-ring (bicyclic) bond motifs is 1. The monoisotopic (exact) mass is 671 g/mol. The van der Waals surface area contributed by atoms with Gasteiger partial charge in [0.15, 0.2) is 17.9 Å². The van der Waals surface area contributed by atoms with Crippen LogP contribution in [0.25, 0.3) is 10.9 Å². The van der Waals surface area contributed by atoms with Crippen molar-refractivity contribution in [1.82, 2.24) is 20.0 Å². The number of aliphatic hydroxyl groups is 1. The summed E-state index contributed by atoms with van der Waals surface area (Å²) in [6, 6.07) is 3.31. The fourth-order valence-corrected chi connectivity index (χ4v) is 5.45. The molecule has 21 heteroatoms. The predicted molar refractivity (Wildman–Crippen MR) is 155 cm³/mol. The first kappa shape index (κ1) is 33.5. The zero-order valence-electron chi connectivity index (χ0n) is 24.1. The van der Waals surface area contributed by atoms with Gasteiger partial charge in [0, 0.05) is 18.0 Å². The van der Waals surface area contributed by atoms with Crippen LogP contribution in [0.2, 0.25) is 0 Å². The van der Waals surface area contributed by atoms with E-state index in [0.717, 1.165) is 22.2 Å². The molecule has 0 unspecified atom stereocenters. The summed E-state index contributed by atoms with van der Waals surface area (Å²) in [7, 11) is -3.23. The zero-order valence-corrected chi connectivity index (χ0v) is 25.7. The molecule has 244 valence electrons. The van der Waals surface area contributed by atoms with Gasteiger partial charge in [-0.25, -0.2) is 9.78 Å². The molecule has 0 spiro atoms. The average molecular weight is 672 g/mol. The molecule has 1 saturated heterocycles. The van der Waals surface area contributed by atoms with Crippen molar-refractivity contribution in [2.75, 3.05) is 25.5 Å². The van der Waals surface area contributed by atoms with Gasteiger partial charge < -0.3 is 36.6 Å². The van der Waals surface area contributed by atoms with Crippen molar-refractivity contribution in [2.45, 2.75) is 37.6 Å². The molecule has 1 aromatic carbocycles. The number of carboxylic acids is 1. The standard InChI is InChI=1S/C24H30N8O11S2/c1-24(2)19(21(35)32(24)43-45(38,39)40)28-20(34)18(15-11-44-23(26)27-15)29-42-17(22(36)37)10-41-14-4-5-16-12(6-14)8-31(30(16)3)13(7-25)9-33/h4-6,8,11,13,17,19,33H,7,9-10,25H2,1-3H3,(H4-,26,27,28,34,36,37,38,39,40)/p+1/b29-18-/t13-,17-,19+/m0/s1. The summed E-state index contributed by atoms with van der Waals surface area (Å²) in [6.45, 7) is 2.20. The number of nitrogens with two attached hydrogens (primary N) is 2. The second-order valence-corrected chi connectivity index (χ2v) is 12.2. The van der Waals surface area contributed by atoms with E-state index in [4.69, 9.17) is 25.6 Å². The highest BCUT2D eigenvalue weighted by Crippen LogP contribution is 2.33. The first-order valence-electron chi connectivity index (χ1n) is 13.0. The Hall–Kier alpha value is -4.41. The number of oxime groups is 1. The lowest BCUT2D eigenvalue weighted by Gasteiger charge is -2.50. The van der Waals surface area contributed by atoms with Crippen LogP contribution in [0.15, 0.2) is 34.9 Å². The third-order valence-electron chi connectivity index (χ3n) is 6.87. The Labute approximate surface area is 259 Å². The predicted octanol–water partition coefficient (Wildman–Crippen LogP) is -1.91. The number of β-lactam (4-membered cyclic amide) rings is 1. The van der Waals surface area contributed by atoms with Crippen LogP contribution in [0, 0.1) is 0 Å². The first-order chi connectivity index (χ1) is 21.1. The molecule has 8 N–H and O–H groups in total. The summed E-state index contributed by atoms with van der Waals surface area (Å²) < 4.78 is 44.6. The Morgan fingerprint density at radius 3 is 2.60 bits per heavy atom. The molecule has 3 aromatic rings. The van der Waals surface area contributed by atoms with Crippen molar-refractivity contribution >= 4 is 61.3 Å². The highest BCUT2D eigenvalue weighted by atomic mass is 32.3. The number of nitrogens with zero attached hydrogens (tertiary/aromatic N) is 5. The number of carbonyl (C=O) groups is 3. The van der Waals surface area contributed by atoms with Crippen molar-refractivity contribution in [1.29, 1.82) is 0 Å². The number of carbonyl (C=O) groups excluding carboxylic acids is 2. The lowest BCUT2D eigenvalue weighted by Crippen LogP contribution is -2.76. The van der Waals surface area contributed by atoms with E-state index in [-0.39, 0.29) is 30.0 Å². The molecule has 2 amide bonds. The van der Waals surface area contributed by atoms with Crippen LogP contribution in [0.4, 0.5) is 5.13 Å². The van der Waals surface area contributed by atoms with E-state index in [1.165, 1.54) is 19.2 Å². The van der Waals surface area contributed by atoms with Crippen molar-refractivity contribution in [2.24, 2.45) is 17.9 Å². The normalized spacial score (nSPS) is 17.9. The Bertz CT molecular complexity index is 1750. The second-order valence-electron chi connectivity index (χ2n) is 10.3. The number of rotatable bonds is 14. The van der Waals surface area contributed by atoms with Gasteiger partial charge in [0.25, 0.3) is 17.9 Å². The molecule has 0 bridgehead atoms. The number of aliphatic hydroxyl groups excluding tert-OH is 1. The molecule has 1 aliphatic rings. The van der Waals surface area contributed by atoms with E-state index < -0.39 is 58.2 Å². The molecule has 1 fully saturated rings. The molecule has 3 atom stereocenters. The third kappa shape index (κ3) is 7.13. The third-order valence-corrected chi connectivity index (χ3v) is 7.88. The van der Waals surface area contributed by atoms with E-state index in [2.05, 4.69) is 19.7 Å². The number of hydrogen-bond donors (Lipinski definition) is 6. The molecular weight excluding hydrogens is 640 g/mol. The van der Waals surface area contributed by atoms with Gasteiger partial charge in [-0.05, 0) is 26.0 Å². The van der Waals surface area contributed by atoms with Crippen LogP contribution >= 0.6 is 11.3 Å². The van der Waals surface area contributed by atoms with Crippen molar-refractivity contribution < 1.29 is 56.1 Å². The number of nitrogen functional groups attached to an aromatic ring is 1. The lowest BCUT2D eigenvalue weighted by atomic mass is 9.84. The lowest BCUT2D eigenvalue weighted by molar-refractivity contribution is -0.733. The number of aryl methyl sites for hydroxylation is 1. The molecular formula is C24H31N8O11S2+. The molecule has 4 rings (SSSR count). The van der Waals surface area contributed by atoms with Gasteiger partial charge in [-0.3, -0.25) is 14.1 Å². The number of hydroxylamine groups is 2. The largest absolute Gasteiger partial charge is 0.489 e. The number of aliphatic carboxylic acids is 1. The maximum atomic E-state index is 13.2. The minimum absolute atomic E-state index is 0.0470. The Morgan fingerprint density at radius 1 is 1.33 bits per heavy atom. The molecule has 0 aliphatic carbocycles. The fourth-order valence-electron chi connectivity index (χ4n) is 4.45. The molecule has 2 aromatic heterocycles. The second kappa shape index (κ2) is 12.9. The molecule has 45 heavy (non-hydrogen) atoms. The van der Waals surface area contributed by atoms with E-state index in [1.807, 2.05) is 0 Å². The summed E-state index contributed by atoms with van der Waals surface area (Å²) in [6.07, 6.45) is 0.0505. The number of anilines is 1. The van der Waals surface area contributed by atoms with Crippen molar-refractivity contribution in [3.05, 3.63) is 35.5 Å². The van der Waals surface area contributed by atoms with Crippen LogP contribution < -0.4 is 26.2 Å². The van der Waals surface area contributed by atoms with Crippen molar-refractivity contribution in [3.8, 4) is 5.75 Å². The first-order valence-corrected chi connectivity index (χ1v) is 15.3. The smallest absolute Gasteiger partial charge is 0.418 e. The average Bonchev–Trinajstić information content (AvgIpc) is 3.54. The minimum atomic E-state index is -5.02. The summed E-state index contributed by atoms with van der Waals surface area (Å²) >= 11 is 0.947. The van der Waals surface area contributed by atoms with Gasteiger partial charge in [0.2, 0.25) is 5.52 Å². The number of carboxylic acid groups (broad SMARTS) is 1. The zero-order chi connectivity index (χ0) is 33.3. The Balaban J connectivity index is 1.51. The van der Waals surface area contributed by atoms with Gasteiger partial charge in [-0.15, -0.1) is 20.3 Å². The van der Waals surface area contributed by atoms with E-state index in [0.29, 0.717) is 10.8 Å². The molecule has 3 heterocycles. The van der Waals surface area contributed by atoms with Gasteiger partial charge in [0.1, 0.15) is 30.1 Å².